The normalized spacial score (nSPS) is 26.1. The third kappa shape index (κ3) is 1.97. The van der Waals surface area contributed by atoms with Crippen molar-refractivity contribution in [3.8, 4) is 0 Å². The highest BCUT2D eigenvalue weighted by molar-refractivity contribution is 5.97. The number of amides is 2. The van der Waals surface area contributed by atoms with Crippen molar-refractivity contribution in [2.75, 3.05) is 6.54 Å². The van der Waals surface area contributed by atoms with Crippen molar-refractivity contribution in [1.82, 2.24) is 14.8 Å². The number of carbonyl (C=O) groups excluding carboxylic acids is 2. The largest absolute Gasteiger partial charge is 0.329 e. The molecule has 0 spiro atoms. The van der Waals surface area contributed by atoms with Gasteiger partial charge in [0.2, 0.25) is 11.8 Å². The summed E-state index contributed by atoms with van der Waals surface area (Å²) in [5, 5.41) is 0. The van der Waals surface area contributed by atoms with Gasteiger partial charge in [-0.3, -0.25) is 14.6 Å². The summed E-state index contributed by atoms with van der Waals surface area (Å²) in [5.41, 5.74) is 2.10. The van der Waals surface area contributed by atoms with Gasteiger partial charge >= 0.3 is 0 Å². The van der Waals surface area contributed by atoms with Crippen LogP contribution in [0.1, 0.15) is 30.9 Å². The van der Waals surface area contributed by atoms with Crippen LogP contribution in [-0.4, -0.2) is 45.2 Å². The summed E-state index contributed by atoms with van der Waals surface area (Å²) >= 11 is 0. The highest BCUT2D eigenvalue weighted by Crippen LogP contribution is 2.28. The predicted molar refractivity (Wildman–Crippen MR) is 73.7 cm³/mol. The summed E-state index contributed by atoms with van der Waals surface area (Å²) in [6.07, 6.45) is 5.24. The Morgan fingerprint density at radius 3 is 2.90 bits per heavy atom. The Morgan fingerprint density at radius 2 is 2.15 bits per heavy atom. The minimum Gasteiger partial charge on any atom is -0.329 e. The monoisotopic (exact) mass is 273 g/mol. The lowest BCUT2D eigenvalue weighted by atomic mass is 10.0. The Balaban J connectivity index is 1.87. The van der Waals surface area contributed by atoms with Gasteiger partial charge in [-0.2, -0.15) is 0 Å². The number of hydrogen-bond acceptors (Lipinski definition) is 3. The quantitative estimate of drug-likeness (QED) is 0.811. The number of carbonyl (C=O) groups is 2. The minimum atomic E-state index is -0.378. The molecule has 1 aromatic heterocycles. The molecule has 3 rings (SSSR count). The minimum absolute atomic E-state index is 0.0774. The Bertz CT molecular complexity index is 558. The third-order valence-electron chi connectivity index (χ3n) is 4.42. The molecule has 2 aliphatic rings. The zero-order chi connectivity index (χ0) is 14.3. The SMILES string of the molecule is Cc1ccncc1CN1C(=O)C2CCCN2C(=O)C1C. The molecule has 2 fully saturated rings. The Labute approximate surface area is 118 Å². The van der Waals surface area contributed by atoms with E-state index in [4.69, 9.17) is 0 Å². The van der Waals surface area contributed by atoms with Gasteiger partial charge in [0.15, 0.2) is 0 Å². The smallest absolute Gasteiger partial charge is 0.246 e. The number of aryl methyl sites for hydroxylation is 1. The van der Waals surface area contributed by atoms with Crippen molar-refractivity contribution >= 4 is 11.8 Å². The Morgan fingerprint density at radius 1 is 1.35 bits per heavy atom. The molecule has 5 nitrogen and oxygen atoms in total. The van der Waals surface area contributed by atoms with Gasteiger partial charge in [-0.15, -0.1) is 0 Å². The van der Waals surface area contributed by atoms with E-state index >= 15 is 0 Å². The van der Waals surface area contributed by atoms with Gasteiger partial charge in [-0.25, -0.2) is 0 Å². The summed E-state index contributed by atoms with van der Waals surface area (Å²) in [5.74, 6) is 0.159. The average molecular weight is 273 g/mol. The fraction of sp³-hybridized carbons (Fsp3) is 0.533. The molecule has 5 heteroatoms. The third-order valence-corrected chi connectivity index (χ3v) is 4.42. The molecule has 0 radical (unpaired) electrons. The van der Waals surface area contributed by atoms with Crippen molar-refractivity contribution in [2.24, 2.45) is 0 Å². The molecule has 2 aliphatic heterocycles. The second kappa shape index (κ2) is 4.89. The maximum atomic E-state index is 12.6. The van der Waals surface area contributed by atoms with Gasteiger partial charge in [-0.05, 0) is 43.9 Å². The molecule has 3 heterocycles. The number of fused-ring (bicyclic) bond motifs is 1. The molecular weight excluding hydrogens is 254 g/mol. The van der Waals surface area contributed by atoms with E-state index in [9.17, 15) is 9.59 Å². The number of pyridine rings is 1. The second-order valence-electron chi connectivity index (χ2n) is 5.63. The van der Waals surface area contributed by atoms with E-state index in [1.807, 2.05) is 19.9 Å². The molecule has 1 aromatic rings. The zero-order valence-electron chi connectivity index (χ0n) is 11.9. The Hall–Kier alpha value is -1.91. The van der Waals surface area contributed by atoms with E-state index in [0.29, 0.717) is 6.54 Å². The van der Waals surface area contributed by atoms with Crippen LogP contribution in [0.15, 0.2) is 18.5 Å². The van der Waals surface area contributed by atoms with E-state index in [0.717, 1.165) is 30.5 Å². The van der Waals surface area contributed by atoms with Crippen molar-refractivity contribution in [3.63, 3.8) is 0 Å². The fourth-order valence-corrected chi connectivity index (χ4v) is 3.10. The number of rotatable bonds is 2. The average Bonchev–Trinajstić information content (AvgIpc) is 2.93. The molecule has 2 atom stereocenters. The highest BCUT2D eigenvalue weighted by atomic mass is 16.2. The van der Waals surface area contributed by atoms with Crippen molar-refractivity contribution in [2.45, 2.75) is 45.3 Å². The zero-order valence-corrected chi connectivity index (χ0v) is 11.9. The van der Waals surface area contributed by atoms with Crippen LogP contribution < -0.4 is 0 Å². The lowest BCUT2D eigenvalue weighted by molar-refractivity contribution is -0.159. The van der Waals surface area contributed by atoms with Crippen molar-refractivity contribution in [3.05, 3.63) is 29.6 Å². The first kappa shape index (κ1) is 13.1. The van der Waals surface area contributed by atoms with Gasteiger partial charge in [0.25, 0.3) is 0 Å². The lowest BCUT2D eigenvalue weighted by Gasteiger charge is -2.41. The molecule has 2 unspecified atom stereocenters. The summed E-state index contributed by atoms with van der Waals surface area (Å²) < 4.78 is 0. The van der Waals surface area contributed by atoms with Gasteiger partial charge in [0, 0.05) is 25.5 Å². The van der Waals surface area contributed by atoms with E-state index < -0.39 is 0 Å². The number of piperazine rings is 1. The first-order valence-corrected chi connectivity index (χ1v) is 7.10. The van der Waals surface area contributed by atoms with Gasteiger partial charge in [-0.1, -0.05) is 0 Å². The van der Waals surface area contributed by atoms with Gasteiger partial charge in [0.1, 0.15) is 12.1 Å². The topological polar surface area (TPSA) is 53.5 Å². The first-order chi connectivity index (χ1) is 9.59. The van der Waals surface area contributed by atoms with Crippen molar-refractivity contribution in [1.29, 1.82) is 0 Å². The Kier molecular flexibility index (Phi) is 3.20. The van der Waals surface area contributed by atoms with Crippen LogP contribution in [0.4, 0.5) is 0 Å². The summed E-state index contributed by atoms with van der Waals surface area (Å²) in [7, 11) is 0. The van der Waals surface area contributed by atoms with E-state index in [1.165, 1.54) is 0 Å². The standard InChI is InChI=1S/C15H19N3O2/c1-10-5-6-16-8-12(10)9-18-11(2)14(19)17-7-3-4-13(17)15(18)20/h5-6,8,11,13H,3-4,7,9H2,1-2H3. The number of nitrogens with zero attached hydrogens (tertiary/aromatic N) is 3. The predicted octanol–water partition coefficient (Wildman–Crippen LogP) is 1.11. The van der Waals surface area contributed by atoms with E-state index in [1.54, 1.807) is 22.2 Å². The maximum Gasteiger partial charge on any atom is 0.246 e. The van der Waals surface area contributed by atoms with Crippen LogP contribution in [0.2, 0.25) is 0 Å². The first-order valence-electron chi connectivity index (χ1n) is 7.10. The lowest BCUT2D eigenvalue weighted by Crippen LogP contribution is -2.61. The molecule has 2 amide bonds. The molecule has 20 heavy (non-hydrogen) atoms. The maximum absolute atomic E-state index is 12.6. The van der Waals surface area contributed by atoms with Gasteiger partial charge < -0.3 is 9.80 Å². The van der Waals surface area contributed by atoms with Crippen molar-refractivity contribution < 1.29 is 9.59 Å². The summed E-state index contributed by atoms with van der Waals surface area (Å²) in [6, 6.07) is 1.31. The van der Waals surface area contributed by atoms with Crippen LogP contribution in [0, 0.1) is 6.92 Å². The molecule has 2 saturated heterocycles. The molecule has 0 aliphatic carbocycles. The van der Waals surface area contributed by atoms with Crippen LogP contribution >= 0.6 is 0 Å². The van der Waals surface area contributed by atoms with Crippen LogP contribution in [0.5, 0.6) is 0 Å². The number of hydrogen-bond donors (Lipinski definition) is 0. The molecule has 106 valence electrons. The van der Waals surface area contributed by atoms with Crippen LogP contribution in [0.3, 0.4) is 0 Å². The van der Waals surface area contributed by atoms with Gasteiger partial charge in [0.05, 0.1) is 0 Å². The van der Waals surface area contributed by atoms with Crippen LogP contribution in [-0.2, 0) is 16.1 Å². The molecular formula is C15H19N3O2. The van der Waals surface area contributed by atoms with Crippen LogP contribution in [0.25, 0.3) is 0 Å². The fourth-order valence-electron chi connectivity index (χ4n) is 3.10. The molecule has 0 bridgehead atoms. The second-order valence-corrected chi connectivity index (χ2v) is 5.63. The molecule has 0 N–H and O–H groups in total. The molecule has 0 saturated carbocycles. The summed E-state index contributed by atoms with van der Waals surface area (Å²) in [6.45, 7) is 5.01. The summed E-state index contributed by atoms with van der Waals surface area (Å²) in [4.78, 5) is 32.5. The number of aromatic nitrogens is 1. The van der Waals surface area contributed by atoms with E-state index in [-0.39, 0.29) is 23.9 Å². The molecule has 0 aromatic carbocycles. The highest BCUT2D eigenvalue weighted by Gasteiger charge is 2.45. The van der Waals surface area contributed by atoms with E-state index in [2.05, 4.69) is 4.98 Å².